The van der Waals surface area contributed by atoms with Gasteiger partial charge >= 0.3 is 0 Å². The van der Waals surface area contributed by atoms with E-state index in [9.17, 15) is 4.79 Å². The van der Waals surface area contributed by atoms with Crippen LogP contribution in [0.2, 0.25) is 5.02 Å². The second kappa shape index (κ2) is 8.02. The first-order valence-corrected chi connectivity index (χ1v) is 6.93. The third-order valence-electron chi connectivity index (χ3n) is 2.81. The fourth-order valence-electron chi connectivity index (χ4n) is 1.61. The highest BCUT2D eigenvalue weighted by Crippen LogP contribution is 2.28. The molecule has 0 heterocycles. The molecule has 1 rings (SSSR count). The molecule has 0 spiro atoms. The number of hydrogen-bond acceptors (Lipinski definition) is 3. The second-order valence-electron chi connectivity index (χ2n) is 4.32. The number of ether oxygens (including phenoxy) is 1. The van der Waals surface area contributed by atoms with Crippen molar-refractivity contribution in [3.05, 3.63) is 23.2 Å². The molecule has 1 unspecified atom stereocenters. The van der Waals surface area contributed by atoms with Gasteiger partial charge < -0.3 is 15.8 Å². The maximum absolute atomic E-state index is 11.9. The molecule has 0 saturated carbocycles. The number of amides is 1. The smallest absolute Gasteiger partial charge is 0.228 e. The van der Waals surface area contributed by atoms with Crippen molar-refractivity contribution < 1.29 is 9.53 Å². The van der Waals surface area contributed by atoms with Gasteiger partial charge in [-0.25, -0.2) is 0 Å². The first kappa shape index (κ1) is 15.8. The van der Waals surface area contributed by atoms with Crippen molar-refractivity contribution in [1.82, 2.24) is 0 Å². The van der Waals surface area contributed by atoms with Gasteiger partial charge in [0.05, 0.1) is 17.5 Å². The molecule has 0 fully saturated rings. The molecule has 0 radical (unpaired) electrons. The van der Waals surface area contributed by atoms with Crippen LogP contribution < -0.4 is 15.8 Å². The van der Waals surface area contributed by atoms with Gasteiger partial charge in [-0.2, -0.15) is 0 Å². The summed E-state index contributed by atoms with van der Waals surface area (Å²) in [7, 11) is 0. The number of nitrogens with two attached hydrogens (primary N) is 1. The number of carbonyl (C=O) groups is 1. The maximum atomic E-state index is 11.9. The Labute approximate surface area is 119 Å². The summed E-state index contributed by atoms with van der Waals surface area (Å²) >= 11 is 6.09. The molecule has 1 amide bonds. The molecule has 0 saturated heterocycles. The average Bonchev–Trinajstić information content (AvgIpc) is 2.39. The Morgan fingerprint density at radius 2 is 2.21 bits per heavy atom. The Morgan fingerprint density at radius 1 is 1.47 bits per heavy atom. The van der Waals surface area contributed by atoms with Crippen molar-refractivity contribution in [2.24, 2.45) is 11.7 Å². The molecule has 1 aromatic rings. The predicted molar refractivity (Wildman–Crippen MR) is 78.7 cm³/mol. The van der Waals surface area contributed by atoms with E-state index >= 15 is 0 Å². The lowest BCUT2D eigenvalue weighted by molar-refractivity contribution is -0.119. The molecule has 1 aromatic carbocycles. The van der Waals surface area contributed by atoms with Crippen LogP contribution in [-0.2, 0) is 4.79 Å². The van der Waals surface area contributed by atoms with E-state index in [0.29, 0.717) is 36.0 Å². The number of benzene rings is 1. The zero-order valence-electron chi connectivity index (χ0n) is 11.4. The van der Waals surface area contributed by atoms with Crippen molar-refractivity contribution in [2.45, 2.75) is 26.7 Å². The zero-order valence-corrected chi connectivity index (χ0v) is 12.2. The van der Waals surface area contributed by atoms with Gasteiger partial charge in [-0.15, -0.1) is 0 Å². The molecule has 0 aliphatic heterocycles. The summed E-state index contributed by atoms with van der Waals surface area (Å²) in [6.45, 7) is 4.93. The molecule has 3 N–H and O–H groups in total. The van der Waals surface area contributed by atoms with E-state index in [0.717, 1.165) is 6.42 Å². The third-order valence-corrected chi connectivity index (χ3v) is 3.10. The molecular formula is C14H21ClN2O2. The lowest BCUT2D eigenvalue weighted by Crippen LogP contribution is -2.28. The van der Waals surface area contributed by atoms with Crippen LogP contribution in [0.25, 0.3) is 0 Å². The maximum Gasteiger partial charge on any atom is 0.228 e. The van der Waals surface area contributed by atoms with Gasteiger partial charge in [0, 0.05) is 12.2 Å². The average molecular weight is 285 g/mol. The molecular weight excluding hydrogens is 264 g/mol. The number of halogens is 1. The molecule has 19 heavy (non-hydrogen) atoms. The summed E-state index contributed by atoms with van der Waals surface area (Å²) in [6.07, 6.45) is 1.64. The van der Waals surface area contributed by atoms with Gasteiger partial charge in [-0.3, -0.25) is 4.79 Å². The third kappa shape index (κ3) is 4.73. The zero-order chi connectivity index (χ0) is 14.3. The number of anilines is 1. The SMILES string of the molecule is CCCOc1ccc(NC(=O)C(CC)CN)cc1Cl. The summed E-state index contributed by atoms with van der Waals surface area (Å²) in [5, 5.41) is 3.30. The van der Waals surface area contributed by atoms with E-state index in [-0.39, 0.29) is 11.8 Å². The van der Waals surface area contributed by atoms with E-state index in [2.05, 4.69) is 5.32 Å². The Balaban J connectivity index is 2.70. The summed E-state index contributed by atoms with van der Waals surface area (Å²) in [5.74, 6) is 0.380. The van der Waals surface area contributed by atoms with E-state index in [1.807, 2.05) is 13.8 Å². The van der Waals surface area contributed by atoms with Crippen LogP contribution in [0.15, 0.2) is 18.2 Å². The Morgan fingerprint density at radius 3 is 2.74 bits per heavy atom. The van der Waals surface area contributed by atoms with Crippen molar-refractivity contribution in [3.8, 4) is 5.75 Å². The van der Waals surface area contributed by atoms with Crippen molar-refractivity contribution in [3.63, 3.8) is 0 Å². The van der Waals surface area contributed by atoms with E-state index < -0.39 is 0 Å². The largest absolute Gasteiger partial charge is 0.492 e. The number of rotatable bonds is 7. The van der Waals surface area contributed by atoms with E-state index in [4.69, 9.17) is 22.1 Å². The van der Waals surface area contributed by atoms with Crippen LogP contribution in [-0.4, -0.2) is 19.1 Å². The minimum atomic E-state index is -0.171. The van der Waals surface area contributed by atoms with Gasteiger partial charge in [-0.1, -0.05) is 25.4 Å². The molecule has 0 bridgehead atoms. The number of hydrogen-bond donors (Lipinski definition) is 2. The van der Waals surface area contributed by atoms with Gasteiger partial charge in [0.15, 0.2) is 0 Å². The predicted octanol–water partition coefficient (Wildman–Crippen LogP) is 3.05. The molecule has 106 valence electrons. The number of carbonyl (C=O) groups excluding carboxylic acids is 1. The van der Waals surface area contributed by atoms with Crippen LogP contribution in [0.4, 0.5) is 5.69 Å². The Hall–Kier alpha value is -1.26. The molecule has 5 heteroatoms. The first-order valence-electron chi connectivity index (χ1n) is 6.55. The van der Waals surface area contributed by atoms with Crippen LogP contribution in [0.3, 0.4) is 0 Å². The summed E-state index contributed by atoms with van der Waals surface area (Å²) < 4.78 is 5.47. The monoisotopic (exact) mass is 284 g/mol. The van der Waals surface area contributed by atoms with Gasteiger partial charge in [0.25, 0.3) is 0 Å². The first-order chi connectivity index (χ1) is 9.12. The summed E-state index contributed by atoms with van der Waals surface area (Å²) in [6, 6.07) is 5.22. The van der Waals surface area contributed by atoms with Gasteiger partial charge in [0.2, 0.25) is 5.91 Å². The van der Waals surface area contributed by atoms with E-state index in [1.165, 1.54) is 0 Å². The van der Waals surface area contributed by atoms with Crippen molar-refractivity contribution in [2.75, 3.05) is 18.5 Å². The molecule has 4 nitrogen and oxygen atoms in total. The van der Waals surface area contributed by atoms with Crippen LogP contribution >= 0.6 is 11.6 Å². The Bertz CT molecular complexity index is 420. The van der Waals surface area contributed by atoms with Crippen molar-refractivity contribution in [1.29, 1.82) is 0 Å². The van der Waals surface area contributed by atoms with Crippen LogP contribution in [0.1, 0.15) is 26.7 Å². The molecule has 0 aromatic heterocycles. The quantitative estimate of drug-likeness (QED) is 0.809. The van der Waals surface area contributed by atoms with Crippen LogP contribution in [0.5, 0.6) is 5.75 Å². The van der Waals surface area contributed by atoms with Crippen molar-refractivity contribution >= 4 is 23.2 Å². The minimum Gasteiger partial charge on any atom is -0.492 e. The van der Waals surface area contributed by atoms with E-state index in [1.54, 1.807) is 18.2 Å². The summed E-state index contributed by atoms with van der Waals surface area (Å²) in [5.41, 5.74) is 6.20. The topological polar surface area (TPSA) is 64.3 Å². The molecule has 1 atom stereocenters. The van der Waals surface area contributed by atoms with Gasteiger partial charge in [0.1, 0.15) is 5.75 Å². The normalized spacial score (nSPS) is 12.0. The molecule has 0 aliphatic carbocycles. The highest BCUT2D eigenvalue weighted by Gasteiger charge is 2.15. The van der Waals surface area contributed by atoms with Crippen LogP contribution in [0, 0.1) is 5.92 Å². The lowest BCUT2D eigenvalue weighted by Gasteiger charge is -2.14. The fourth-order valence-corrected chi connectivity index (χ4v) is 1.85. The highest BCUT2D eigenvalue weighted by molar-refractivity contribution is 6.32. The highest BCUT2D eigenvalue weighted by atomic mass is 35.5. The minimum absolute atomic E-state index is 0.0803. The standard InChI is InChI=1S/C14H21ClN2O2/c1-3-7-19-13-6-5-11(8-12(13)15)17-14(18)10(4-2)9-16/h5-6,8,10H,3-4,7,9,16H2,1-2H3,(H,17,18). The summed E-state index contributed by atoms with van der Waals surface area (Å²) in [4.78, 5) is 11.9. The Kier molecular flexibility index (Phi) is 6.67. The molecule has 0 aliphatic rings. The fraction of sp³-hybridized carbons (Fsp3) is 0.500. The number of nitrogens with one attached hydrogen (secondary N) is 1. The van der Waals surface area contributed by atoms with Gasteiger partial charge in [-0.05, 0) is 31.0 Å². The lowest BCUT2D eigenvalue weighted by atomic mass is 10.1. The second-order valence-corrected chi connectivity index (χ2v) is 4.73.